The van der Waals surface area contributed by atoms with Gasteiger partial charge in [0.2, 0.25) is 0 Å². The zero-order chi connectivity index (χ0) is 39.8. The van der Waals surface area contributed by atoms with Crippen molar-refractivity contribution in [1.29, 1.82) is 0 Å². The topological polar surface area (TPSA) is 0 Å². The normalized spacial score (nSPS) is 11.7. The molecule has 0 radical (unpaired) electrons. The van der Waals surface area contributed by atoms with Gasteiger partial charge in [-0.15, -0.1) is 90.7 Å². The molecule has 8 aromatic rings. The molecular formula is C50H54S8. The highest BCUT2D eigenvalue weighted by Gasteiger charge is 2.19. The van der Waals surface area contributed by atoms with Crippen LogP contribution in [0, 0.1) is 0 Å². The number of hydrogen-bond donors (Lipinski definition) is 0. The van der Waals surface area contributed by atoms with Gasteiger partial charge in [0.25, 0.3) is 0 Å². The van der Waals surface area contributed by atoms with Crippen LogP contribution in [0.25, 0.3) is 58.5 Å². The number of hydrogen-bond acceptors (Lipinski definition) is 8. The highest BCUT2D eigenvalue weighted by atomic mass is 32.1. The van der Waals surface area contributed by atoms with Gasteiger partial charge in [0.15, 0.2) is 0 Å². The second kappa shape index (κ2) is 20.4. The zero-order valence-corrected chi connectivity index (χ0v) is 40.8. The van der Waals surface area contributed by atoms with Crippen LogP contribution in [0.4, 0.5) is 0 Å². The summed E-state index contributed by atoms with van der Waals surface area (Å²) >= 11 is 15.8. The molecular weight excluding hydrogens is 857 g/mol. The van der Waals surface area contributed by atoms with Crippen LogP contribution >= 0.6 is 90.7 Å². The van der Waals surface area contributed by atoms with E-state index in [1.54, 1.807) is 11.1 Å². The number of rotatable bonds is 21. The SMILES string of the molecule is CCCCc1ccsc1-c1ccc(-c2ccc(-c3sc(CCc4cc(CCCC)c(-c5ccc(-c6ccc(-c7sccc7CCCC)s6)s5)s4)cc3CCCC)s2)s1. The van der Waals surface area contributed by atoms with Gasteiger partial charge in [-0.2, -0.15) is 0 Å². The quantitative estimate of drug-likeness (QED) is 0.0674. The highest BCUT2D eigenvalue weighted by molar-refractivity contribution is 7.29. The van der Waals surface area contributed by atoms with E-state index in [0.717, 1.165) is 12.8 Å². The molecule has 0 amide bonds. The van der Waals surface area contributed by atoms with Crippen LogP contribution in [-0.4, -0.2) is 0 Å². The predicted octanol–water partition coefficient (Wildman–Crippen LogP) is 19.3. The van der Waals surface area contributed by atoms with Crippen LogP contribution in [0.1, 0.15) is 111 Å². The maximum atomic E-state index is 2.56. The maximum Gasteiger partial charge on any atom is 0.0477 e. The average molecular weight is 912 g/mol. The lowest BCUT2D eigenvalue weighted by atomic mass is 10.1. The Morgan fingerprint density at radius 1 is 0.310 bits per heavy atom. The third kappa shape index (κ3) is 9.87. The highest BCUT2D eigenvalue weighted by Crippen LogP contribution is 2.47. The Hall–Kier alpha value is -2.40. The lowest BCUT2D eigenvalue weighted by Gasteiger charge is -2.01. The maximum absolute atomic E-state index is 2.56. The van der Waals surface area contributed by atoms with Crippen molar-refractivity contribution in [3.63, 3.8) is 0 Å². The number of aryl methyl sites for hydroxylation is 6. The fourth-order valence-corrected chi connectivity index (χ4v) is 16.7. The molecule has 0 unspecified atom stereocenters. The summed E-state index contributed by atoms with van der Waals surface area (Å²) in [6.45, 7) is 9.21. The van der Waals surface area contributed by atoms with E-state index in [1.807, 2.05) is 68.0 Å². The van der Waals surface area contributed by atoms with E-state index in [0.29, 0.717) is 0 Å². The third-order valence-corrected chi connectivity index (χ3v) is 20.7. The van der Waals surface area contributed by atoms with Gasteiger partial charge in [0, 0.05) is 68.3 Å². The Kier molecular flexibility index (Phi) is 14.9. The predicted molar refractivity (Wildman–Crippen MR) is 270 cm³/mol. The van der Waals surface area contributed by atoms with E-state index in [-0.39, 0.29) is 0 Å². The van der Waals surface area contributed by atoms with Crippen molar-refractivity contribution in [3.05, 3.63) is 116 Å². The molecule has 0 nitrogen and oxygen atoms in total. The number of thiophene rings is 8. The Morgan fingerprint density at radius 2 is 0.621 bits per heavy atom. The lowest BCUT2D eigenvalue weighted by molar-refractivity contribution is 0.796. The lowest BCUT2D eigenvalue weighted by Crippen LogP contribution is -1.87. The van der Waals surface area contributed by atoms with Crippen LogP contribution in [0.2, 0.25) is 0 Å². The molecule has 8 heteroatoms. The minimum Gasteiger partial charge on any atom is -0.143 e. The van der Waals surface area contributed by atoms with Gasteiger partial charge in [0.05, 0.1) is 0 Å². The molecule has 8 heterocycles. The van der Waals surface area contributed by atoms with Crippen molar-refractivity contribution >= 4 is 90.7 Å². The second-order valence-corrected chi connectivity index (χ2v) is 23.7. The first-order valence-electron chi connectivity index (χ1n) is 21.3. The Bertz CT molecular complexity index is 2320. The van der Waals surface area contributed by atoms with Gasteiger partial charge < -0.3 is 0 Å². The molecule has 8 rings (SSSR count). The monoisotopic (exact) mass is 910 g/mol. The molecule has 0 aliphatic carbocycles. The first kappa shape index (κ1) is 42.3. The van der Waals surface area contributed by atoms with Crippen LogP contribution < -0.4 is 0 Å². The molecule has 0 saturated heterocycles. The van der Waals surface area contributed by atoms with Gasteiger partial charge in [-0.3, -0.25) is 0 Å². The fourth-order valence-electron chi connectivity index (χ4n) is 7.59. The van der Waals surface area contributed by atoms with Crippen molar-refractivity contribution in [2.45, 2.75) is 118 Å². The summed E-state index contributed by atoms with van der Waals surface area (Å²) in [6.07, 6.45) is 16.9. The molecule has 0 aliphatic rings. The summed E-state index contributed by atoms with van der Waals surface area (Å²) < 4.78 is 0. The molecule has 8 aromatic heterocycles. The van der Waals surface area contributed by atoms with Crippen LogP contribution in [0.3, 0.4) is 0 Å². The molecule has 0 fully saturated rings. The van der Waals surface area contributed by atoms with Gasteiger partial charge in [-0.05, 0) is 170 Å². The summed E-state index contributed by atoms with van der Waals surface area (Å²) in [7, 11) is 0. The van der Waals surface area contributed by atoms with Gasteiger partial charge in [-0.25, -0.2) is 0 Å². The largest absolute Gasteiger partial charge is 0.143 e. The summed E-state index contributed by atoms with van der Waals surface area (Å²) in [6, 6.07) is 28.7. The molecule has 302 valence electrons. The molecule has 0 saturated carbocycles. The van der Waals surface area contributed by atoms with Crippen molar-refractivity contribution in [2.75, 3.05) is 0 Å². The van der Waals surface area contributed by atoms with Gasteiger partial charge in [0.1, 0.15) is 0 Å². The zero-order valence-electron chi connectivity index (χ0n) is 34.2. The van der Waals surface area contributed by atoms with Crippen LogP contribution in [0.15, 0.2) is 83.6 Å². The Morgan fingerprint density at radius 3 is 0.966 bits per heavy atom. The van der Waals surface area contributed by atoms with Gasteiger partial charge >= 0.3 is 0 Å². The van der Waals surface area contributed by atoms with Crippen LogP contribution in [0.5, 0.6) is 0 Å². The molecule has 0 N–H and O–H groups in total. The second-order valence-electron chi connectivity index (χ2n) is 15.3. The molecule has 0 aromatic carbocycles. The standard InChI is InChI=1S/C50H54S8/c1-5-9-13-33-27-29-51-47(33)43-23-19-39(55-43)41-21-25-45(57-41)49-35(15-11-7-3)31-37(53-49)17-18-38-32-36(16-12-8-4)50(54-38)46-26-22-42(58-46)40-20-24-44(56-40)48-34(14-10-6-2)28-30-52-48/h19-32H,5-18H2,1-4H3. The first-order valence-corrected chi connectivity index (χ1v) is 28.0. The first-order chi connectivity index (χ1) is 28.5. The molecule has 0 spiro atoms. The fraction of sp³-hybridized carbons (Fsp3) is 0.360. The molecule has 0 bridgehead atoms. The minimum absolute atomic E-state index is 1.11. The van der Waals surface area contributed by atoms with Crippen molar-refractivity contribution in [1.82, 2.24) is 0 Å². The van der Waals surface area contributed by atoms with Crippen LogP contribution in [-0.2, 0) is 38.5 Å². The summed E-state index contributed by atoms with van der Waals surface area (Å²) in [5.41, 5.74) is 6.14. The Labute approximate surface area is 379 Å². The molecule has 58 heavy (non-hydrogen) atoms. The average Bonchev–Trinajstić information content (AvgIpc) is 4.09. The molecule has 0 aliphatic heterocycles. The third-order valence-electron chi connectivity index (χ3n) is 10.8. The number of unbranched alkanes of at least 4 members (excludes halogenated alkanes) is 4. The van der Waals surface area contributed by atoms with E-state index >= 15 is 0 Å². The molecule has 0 atom stereocenters. The van der Waals surface area contributed by atoms with Gasteiger partial charge in [-0.1, -0.05) is 53.4 Å². The van der Waals surface area contributed by atoms with E-state index in [1.165, 1.54) is 156 Å². The van der Waals surface area contributed by atoms with Crippen molar-refractivity contribution in [3.8, 4) is 58.5 Å². The summed E-state index contributed by atoms with van der Waals surface area (Å²) in [4.78, 5) is 20.3. The Balaban J connectivity index is 0.983. The minimum atomic E-state index is 1.11. The van der Waals surface area contributed by atoms with E-state index < -0.39 is 0 Å². The summed E-state index contributed by atoms with van der Waals surface area (Å²) in [5, 5.41) is 4.54. The van der Waals surface area contributed by atoms with E-state index in [4.69, 9.17) is 0 Å². The smallest absolute Gasteiger partial charge is 0.0477 e. The summed E-state index contributed by atoms with van der Waals surface area (Å²) in [5.74, 6) is 0. The van der Waals surface area contributed by atoms with E-state index in [2.05, 4.69) is 134 Å². The van der Waals surface area contributed by atoms with Crippen molar-refractivity contribution < 1.29 is 0 Å². The van der Waals surface area contributed by atoms with Crippen molar-refractivity contribution in [2.24, 2.45) is 0 Å². The van der Waals surface area contributed by atoms with E-state index in [9.17, 15) is 0 Å².